The molecule has 2 aromatic rings. The molecule has 0 saturated carbocycles. The lowest BCUT2D eigenvalue weighted by Gasteiger charge is -2.27. The number of pyridine rings is 1. The average molecular weight is 347 g/mol. The molecular formula is C17H15ClN2O4. The zero-order chi connectivity index (χ0) is 17.3. The summed E-state index contributed by atoms with van der Waals surface area (Å²) in [5, 5.41) is 0.230. The zero-order valence-corrected chi connectivity index (χ0v) is 14.0. The summed E-state index contributed by atoms with van der Waals surface area (Å²) in [7, 11) is 3.03. The number of nitrogens with zero attached hydrogens (tertiary/aromatic N) is 2. The lowest BCUT2D eigenvalue weighted by Crippen LogP contribution is -2.38. The van der Waals surface area contributed by atoms with E-state index in [1.807, 2.05) is 0 Å². The summed E-state index contributed by atoms with van der Waals surface area (Å²) in [6, 6.07) is 8.04. The van der Waals surface area contributed by atoms with Crippen LogP contribution < -0.4 is 14.4 Å². The van der Waals surface area contributed by atoms with E-state index in [1.165, 1.54) is 19.1 Å². The number of Topliss-reactive ketones (excluding diaryl/α,β-unsaturated/α-hetero) is 1. The van der Waals surface area contributed by atoms with E-state index >= 15 is 0 Å². The number of halogens is 1. The van der Waals surface area contributed by atoms with Gasteiger partial charge in [-0.15, -0.1) is 0 Å². The monoisotopic (exact) mass is 346 g/mol. The first-order valence-electron chi connectivity index (χ1n) is 7.28. The molecule has 0 atom stereocenters. The van der Waals surface area contributed by atoms with Crippen molar-refractivity contribution in [3.05, 3.63) is 46.6 Å². The van der Waals surface area contributed by atoms with Gasteiger partial charge in [0.25, 0.3) is 5.91 Å². The number of methoxy groups -OCH3 is 2. The molecule has 6 nitrogen and oxygen atoms in total. The molecule has 1 aromatic carbocycles. The van der Waals surface area contributed by atoms with Gasteiger partial charge in [0.05, 0.1) is 19.8 Å². The number of rotatable bonds is 3. The number of fused-ring (bicyclic) bond motifs is 1. The van der Waals surface area contributed by atoms with Crippen LogP contribution in [0.5, 0.6) is 11.5 Å². The minimum Gasteiger partial charge on any atom is -0.493 e. The predicted molar refractivity (Wildman–Crippen MR) is 89.4 cm³/mol. The van der Waals surface area contributed by atoms with Crippen molar-refractivity contribution in [3.63, 3.8) is 0 Å². The molecule has 0 fully saturated rings. The van der Waals surface area contributed by atoms with Crippen molar-refractivity contribution in [1.82, 2.24) is 4.98 Å². The maximum atomic E-state index is 12.9. The molecule has 7 heteroatoms. The zero-order valence-electron chi connectivity index (χ0n) is 13.2. The molecule has 0 spiro atoms. The molecule has 1 aromatic heterocycles. The number of anilines is 1. The Labute approximate surface area is 144 Å². The third-order valence-corrected chi connectivity index (χ3v) is 4.05. The largest absolute Gasteiger partial charge is 0.493 e. The summed E-state index contributed by atoms with van der Waals surface area (Å²) in [6.45, 7) is 0.256. The number of carbonyl (C=O) groups is 2. The fourth-order valence-corrected chi connectivity index (χ4v) is 2.77. The Hall–Kier alpha value is -2.60. The third-order valence-electron chi connectivity index (χ3n) is 3.84. The van der Waals surface area contributed by atoms with Crippen molar-refractivity contribution in [2.45, 2.75) is 6.42 Å². The van der Waals surface area contributed by atoms with E-state index < -0.39 is 0 Å². The van der Waals surface area contributed by atoms with Gasteiger partial charge in [-0.25, -0.2) is 4.98 Å². The summed E-state index contributed by atoms with van der Waals surface area (Å²) in [4.78, 5) is 30.5. The van der Waals surface area contributed by atoms with Crippen molar-refractivity contribution in [1.29, 1.82) is 0 Å². The predicted octanol–water partition coefficient (Wildman–Crippen LogP) is 2.99. The Morgan fingerprint density at radius 1 is 1.17 bits per heavy atom. The summed E-state index contributed by atoms with van der Waals surface area (Å²) in [6.07, 6.45) is 0.245. The van der Waals surface area contributed by atoms with Crippen molar-refractivity contribution < 1.29 is 19.1 Å². The highest BCUT2D eigenvalue weighted by molar-refractivity contribution is 6.29. The van der Waals surface area contributed by atoms with Crippen LogP contribution in [0.1, 0.15) is 27.1 Å². The van der Waals surface area contributed by atoms with Crippen LogP contribution in [0.4, 0.5) is 5.82 Å². The summed E-state index contributed by atoms with van der Waals surface area (Å²) < 4.78 is 10.4. The number of aromatic nitrogens is 1. The molecule has 0 N–H and O–H groups in total. The number of ketones is 1. The lowest BCUT2D eigenvalue weighted by atomic mass is 10.0. The van der Waals surface area contributed by atoms with Crippen LogP contribution in [-0.4, -0.2) is 37.4 Å². The van der Waals surface area contributed by atoms with Crippen LogP contribution >= 0.6 is 11.6 Å². The second-order valence-electron chi connectivity index (χ2n) is 5.20. The van der Waals surface area contributed by atoms with Crippen LogP contribution in [-0.2, 0) is 0 Å². The highest BCUT2D eigenvalue weighted by atomic mass is 35.5. The maximum Gasteiger partial charge on any atom is 0.259 e. The first kappa shape index (κ1) is 16.3. The van der Waals surface area contributed by atoms with Gasteiger partial charge in [0.1, 0.15) is 11.0 Å². The van der Waals surface area contributed by atoms with E-state index in [1.54, 1.807) is 30.3 Å². The molecule has 2 heterocycles. The van der Waals surface area contributed by atoms with Gasteiger partial charge in [-0.05, 0) is 30.3 Å². The standard InChI is InChI=1S/C17H15ClN2O4/c1-23-13-5-3-10(9-14(13)24-2)17(22)20-8-7-12(21)11-4-6-15(18)19-16(11)20/h3-6,9H,7-8H2,1-2H3. The molecule has 0 saturated heterocycles. The third kappa shape index (κ3) is 2.80. The molecule has 0 unspecified atom stereocenters. The van der Waals surface area contributed by atoms with Crippen LogP contribution in [0.25, 0.3) is 0 Å². The van der Waals surface area contributed by atoms with Gasteiger partial charge in [-0.1, -0.05) is 11.6 Å². The van der Waals surface area contributed by atoms with Crippen molar-refractivity contribution >= 4 is 29.1 Å². The summed E-state index contributed by atoms with van der Waals surface area (Å²) >= 11 is 5.93. The SMILES string of the molecule is COc1ccc(C(=O)N2CCC(=O)c3ccc(Cl)nc32)cc1OC. The van der Waals surface area contributed by atoms with Crippen LogP contribution in [0.2, 0.25) is 5.15 Å². The number of hydrogen-bond acceptors (Lipinski definition) is 5. The Morgan fingerprint density at radius 3 is 2.62 bits per heavy atom. The molecule has 1 aliphatic heterocycles. The normalized spacial score (nSPS) is 13.5. The maximum absolute atomic E-state index is 12.9. The van der Waals surface area contributed by atoms with E-state index in [0.29, 0.717) is 28.4 Å². The van der Waals surface area contributed by atoms with Gasteiger partial charge in [0.15, 0.2) is 17.3 Å². The first-order valence-corrected chi connectivity index (χ1v) is 7.66. The topological polar surface area (TPSA) is 68.7 Å². The molecule has 0 radical (unpaired) electrons. The van der Waals surface area contributed by atoms with Crippen molar-refractivity contribution in [2.24, 2.45) is 0 Å². The molecule has 0 aliphatic carbocycles. The minimum absolute atomic E-state index is 0.0504. The molecule has 3 rings (SSSR count). The van der Waals surface area contributed by atoms with Crippen molar-refractivity contribution in [2.75, 3.05) is 25.7 Å². The van der Waals surface area contributed by atoms with Gasteiger partial charge in [0.2, 0.25) is 0 Å². The molecule has 1 aliphatic rings. The van der Waals surface area contributed by atoms with Crippen LogP contribution in [0.15, 0.2) is 30.3 Å². The van der Waals surface area contributed by atoms with E-state index in [2.05, 4.69) is 4.98 Å². The van der Waals surface area contributed by atoms with Gasteiger partial charge < -0.3 is 9.47 Å². The number of ether oxygens (including phenoxy) is 2. The van der Waals surface area contributed by atoms with Gasteiger partial charge in [0, 0.05) is 18.5 Å². The molecule has 0 bridgehead atoms. The van der Waals surface area contributed by atoms with Gasteiger partial charge in [-0.2, -0.15) is 0 Å². The van der Waals surface area contributed by atoms with Crippen LogP contribution in [0, 0.1) is 0 Å². The fraction of sp³-hybridized carbons (Fsp3) is 0.235. The number of hydrogen-bond donors (Lipinski definition) is 0. The van der Waals surface area contributed by atoms with Gasteiger partial charge in [-0.3, -0.25) is 14.5 Å². The Kier molecular flexibility index (Phi) is 4.40. The molecule has 124 valence electrons. The Bertz CT molecular complexity index is 822. The van der Waals surface area contributed by atoms with E-state index in [0.717, 1.165) is 0 Å². The Balaban J connectivity index is 2.01. The summed E-state index contributed by atoms with van der Waals surface area (Å²) in [5.41, 5.74) is 0.814. The second-order valence-corrected chi connectivity index (χ2v) is 5.59. The average Bonchev–Trinajstić information content (AvgIpc) is 2.60. The highest BCUT2D eigenvalue weighted by Gasteiger charge is 2.30. The van der Waals surface area contributed by atoms with E-state index in [-0.39, 0.29) is 29.8 Å². The fourth-order valence-electron chi connectivity index (χ4n) is 2.63. The lowest BCUT2D eigenvalue weighted by molar-refractivity contribution is 0.0953. The van der Waals surface area contributed by atoms with E-state index in [4.69, 9.17) is 21.1 Å². The first-order chi connectivity index (χ1) is 11.5. The van der Waals surface area contributed by atoms with Gasteiger partial charge >= 0.3 is 0 Å². The minimum atomic E-state index is -0.278. The summed E-state index contributed by atoms with van der Waals surface area (Å²) in [5.74, 6) is 0.948. The van der Waals surface area contributed by atoms with E-state index in [9.17, 15) is 9.59 Å². The molecular weight excluding hydrogens is 332 g/mol. The van der Waals surface area contributed by atoms with Crippen LogP contribution in [0.3, 0.4) is 0 Å². The second kappa shape index (κ2) is 6.49. The quantitative estimate of drug-likeness (QED) is 0.799. The molecule has 24 heavy (non-hydrogen) atoms. The van der Waals surface area contributed by atoms with Crippen molar-refractivity contribution in [3.8, 4) is 11.5 Å². The number of benzene rings is 1. The number of carbonyl (C=O) groups excluding carboxylic acids is 2. The molecule has 1 amide bonds. The Morgan fingerprint density at radius 2 is 1.92 bits per heavy atom. The number of amides is 1. The highest BCUT2D eigenvalue weighted by Crippen LogP contribution is 2.31. The smallest absolute Gasteiger partial charge is 0.259 e.